The van der Waals surface area contributed by atoms with Crippen molar-refractivity contribution in [1.29, 1.82) is 0 Å². The fourth-order valence-electron chi connectivity index (χ4n) is 1.43. The number of hydrogen-bond donors (Lipinski definition) is 1. The van der Waals surface area contributed by atoms with E-state index >= 15 is 0 Å². The lowest BCUT2D eigenvalue weighted by Crippen LogP contribution is -1.95. The molecule has 4 nitrogen and oxygen atoms in total. The van der Waals surface area contributed by atoms with Crippen LogP contribution in [0, 0.1) is 10.1 Å². The van der Waals surface area contributed by atoms with Gasteiger partial charge < -0.3 is 5.73 Å². The second-order valence-corrected chi connectivity index (χ2v) is 5.12. The van der Waals surface area contributed by atoms with Crippen LogP contribution in [0.4, 0.5) is 11.4 Å². The van der Waals surface area contributed by atoms with Crippen LogP contribution in [0.3, 0.4) is 0 Å². The van der Waals surface area contributed by atoms with Gasteiger partial charge in [0, 0.05) is 20.9 Å². The number of anilines is 1. The Hall–Kier alpha value is -1.72. The largest absolute Gasteiger partial charge is 0.393 e. The van der Waals surface area contributed by atoms with Crippen LogP contribution in [0.2, 0.25) is 5.02 Å². The highest BCUT2D eigenvalue weighted by molar-refractivity contribution is 7.99. The Bertz CT molecular complexity index is 604. The molecule has 0 aliphatic carbocycles. The Morgan fingerprint density at radius 2 is 1.89 bits per heavy atom. The van der Waals surface area contributed by atoms with Crippen LogP contribution >= 0.6 is 23.4 Å². The van der Waals surface area contributed by atoms with Gasteiger partial charge in [0.1, 0.15) is 5.69 Å². The molecule has 2 aromatic carbocycles. The summed E-state index contributed by atoms with van der Waals surface area (Å²) in [4.78, 5) is 11.9. The minimum Gasteiger partial charge on any atom is -0.393 e. The lowest BCUT2D eigenvalue weighted by molar-refractivity contribution is -0.383. The second kappa shape index (κ2) is 5.29. The molecule has 0 saturated carbocycles. The van der Waals surface area contributed by atoms with E-state index in [0.717, 1.165) is 9.79 Å². The molecule has 0 bridgehead atoms. The van der Waals surface area contributed by atoms with Crippen molar-refractivity contribution in [2.45, 2.75) is 9.79 Å². The Morgan fingerprint density at radius 1 is 1.17 bits per heavy atom. The Kier molecular flexibility index (Phi) is 3.74. The van der Waals surface area contributed by atoms with Gasteiger partial charge in [-0.2, -0.15) is 0 Å². The van der Waals surface area contributed by atoms with Gasteiger partial charge in [-0.1, -0.05) is 29.4 Å². The fraction of sp³-hybridized carbons (Fsp3) is 0. The van der Waals surface area contributed by atoms with Crippen molar-refractivity contribution in [1.82, 2.24) is 0 Å². The van der Waals surface area contributed by atoms with Crippen LogP contribution in [-0.4, -0.2) is 4.92 Å². The maximum atomic E-state index is 10.6. The second-order valence-electron chi connectivity index (χ2n) is 3.54. The third-order valence-electron chi connectivity index (χ3n) is 2.23. The van der Waals surface area contributed by atoms with Gasteiger partial charge in [-0.15, -0.1) is 0 Å². The summed E-state index contributed by atoms with van der Waals surface area (Å²) in [6.07, 6.45) is 0. The van der Waals surface area contributed by atoms with Crippen LogP contribution in [0.15, 0.2) is 52.3 Å². The number of nitro groups is 1. The predicted octanol–water partition coefficient (Wildman–Crippen LogP) is 3.98. The molecule has 2 aromatic rings. The standard InChI is InChI=1S/C12H9ClN2O2S/c13-8-2-1-3-9(6-8)18-10-4-5-12(15(16)17)11(14)7-10/h1-7H,14H2. The highest BCUT2D eigenvalue weighted by Crippen LogP contribution is 2.33. The Balaban J connectivity index is 2.25. The summed E-state index contributed by atoms with van der Waals surface area (Å²) in [7, 11) is 0. The SMILES string of the molecule is Nc1cc(Sc2cccc(Cl)c2)ccc1[N+](=O)[O-]. The molecule has 0 heterocycles. The molecule has 0 aliphatic heterocycles. The van der Waals surface area contributed by atoms with Gasteiger partial charge in [-0.25, -0.2) is 0 Å². The predicted molar refractivity (Wildman–Crippen MR) is 73.1 cm³/mol. The molecule has 18 heavy (non-hydrogen) atoms. The first-order valence-electron chi connectivity index (χ1n) is 5.03. The summed E-state index contributed by atoms with van der Waals surface area (Å²) < 4.78 is 0. The van der Waals surface area contributed by atoms with E-state index in [1.54, 1.807) is 18.2 Å². The van der Waals surface area contributed by atoms with Crippen molar-refractivity contribution in [2.75, 3.05) is 5.73 Å². The molecule has 0 atom stereocenters. The molecule has 0 saturated heterocycles. The lowest BCUT2D eigenvalue weighted by atomic mass is 10.3. The first-order valence-corrected chi connectivity index (χ1v) is 6.23. The fourth-order valence-corrected chi connectivity index (χ4v) is 2.61. The van der Waals surface area contributed by atoms with Crippen molar-refractivity contribution in [3.8, 4) is 0 Å². The minimum absolute atomic E-state index is 0.0783. The number of nitrogens with zero attached hydrogens (tertiary/aromatic N) is 1. The average Bonchev–Trinajstić information content (AvgIpc) is 2.28. The van der Waals surface area contributed by atoms with Gasteiger partial charge in [0.2, 0.25) is 0 Å². The number of nitro benzene ring substituents is 1. The monoisotopic (exact) mass is 280 g/mol. The van der Waals surface area contributed by atoms with Gasteiger partial charge in [0.15, 0.2) is 0 Å². The van der Waals surface area contributed by atoms with Crippen molar-refractivity contribution < 1.29 is 4.92 Å². The average molecular weight is 281 g/mol. The van der Waals surface area contributed by atoms with Crippen molar-refractivity contribution in [3.05, 3.63) is 57.6 Å². The molecule has 92 valence electrons. The zero-order chi connectivity index (χ0) is 13.1. The van der Waals surface area contributed by atoms with Gasteiger partial charge in [-0.3, -0.25) is 10.1 Å². The van der Waals surface area contributed by atoms with Crippen molar-refractivity contribution in [2.24, 2.45) is 0 Å². The van der Waals surface area contributed by atoms with Crippen LogP contribution in [0.5, 0.6) is 0 Å². The molecule has 0 fully saturated rings. The molecule has 0 amide bonds. The summed E-state index contributed by atoms with van der Waals surface area (Å²) in [6.45, 7) is 0. The van der Waals surface area contributed by atoms with E-state index in [1.807, 2.05) is 18.2 Å². The maximum Gasteiger partial charge on any atom is 0.292 e. The highest BCUT2D eigenvalue weighted by Gasteiger charge is 2.11. The van der Waals surface area contributed by atoms with Crippen LogP contribution in [0.25, 0.3) is 0 Å². The molecule has 2 rings (SSSR count). The van der Waals surface area contributed by atoms with E-state index in [-0.39, 0.29) is 11.4 Å². The summed E-state index contributed by atoms with van der Waals surface area (Å²) in [5.41, 5.74) is 5.71. The Morgan fingerprint density at radius 3 is 2.50 bits per heavy atom. The third kappa shape index (κ3) is 2.94. The molecule has 0 aromatic heterocycles. The molecular formula is C12H9ClN2O2S. The molecule has 0 radical (unpaired) electrons. The quantitative estimate of drug-likeness (QED) is 0.524. The van der Waals surface area contributed by atoms with Gasteiger partial charge in [-0.05, 0) is 30.3 Å². The number of rotatable bonds is 3. The van der Waals surface area contributed by atoms with E-state index in [2.05, 4.69) is 0 Å². The zero-order valence-corrected chi connectivity index (χ0v) is 10.7. The summed E-state index contributed by atoms with van der Waals surface area (Å²) >= 11 is 7.33. The number of halogens is 1. The molecule has 0 aliphatic rings. The number of nitrogens with two attached hydrogens (primary N) is 1. The van der Waals surface area contributed by atoms with Crippen molar-refractivity contribution >= 4 is 34.7 Å². The van der Waals surface area contributed by atoms with Crippen LogP contribution in [-0.2, 0) is 0 Å². The molecule has 0 spiro atoms. The van der Waals surface area contributed by atoms with E-state index in [4.69, 9.17) is 17.3 Å². The molecular weight excluding hydrogens is 272 g/mol. The number of hydrogen-bond acceptors (Lipinski definition) is 4. The number of nitrogen functional groups attached to an aromatic ring is 1. The van der Waals surface area contributed by atoms with E-state index in [0.29, 0.717) is 5.02 Å². The summed E-state index contributed by atoms with van der Waals surface area (Å²) in [5, 5.41) is 11.3. The normalized spacial score (nSPS) is 10.3. The van der Waals surface area contributed by atoms with E-state index in [1.165, 1.54) is 17.8 Å². The summed E-state index contributed by atoms with van der Waals surface area (Å²) in [6, 6.07) is 12.0. The third-order valence-corrected chi connectivity index (χ3v) is 3.44. The number of benzene rings is 2. The lowest BCUT2D eigenvalue weighted by Gasteiger charge is -2.03. The van der Waals surface area contributed by atoms with Gasteiger partial charge in [0.25, 0.3) is 5.69 Å². The van der Waals surface area contributed by atoms with Crippen LogP contribution in [0.1, 0.15) is 0 Å². The maximum absolute atomic E-state index is 10.6. The first kappa shape index (κ1) is 12.7. The van der Waals surface area contributed by atoms with E-state index in [9.17, 15) is 10.1 Å². The topological polar surface area (TPSA) is 69.2 Å². The molecule has 6 heteroatoms. The summed E-state index contributed by atoms with van der Waals surface area (Å²) in [5.74, 6) is 0. The molecule has 2 N–H and O–H groups in total. The van der Waals surface area contributed by atoms with Gasteiger partial charge in [0.05, 0.1) is 4.92 Å². The minimum atomic E-state index is -0.497. The smallest absolute Gasteiger partial charge is 0.292 e. The highest BCUT2D eigenvalue weighted by atomic mass is 35.5. The van der Waals surface area contributed by atoms with Crippen LogP contribution < -0.4 is 5.73 Å². The first-order chi connectivity index (χ1) is 8.56. The molecule has 0 unspecified atom stereocenters. The van der Waals surface area contributed by atoms with Crippen molar-refractivity contribution in [3.63, 3.8) is 0 Å². The zero-order valence-electron chi connectivity index (χ0n) is 9.17. The van der Waals surface area contributed by atoms with E-state index < -0.39 is 4.92 Å². The Labute approximate surface area is 113 Å². The van der Waals surface area contributed by atoms with Gasteiger partial charge >= 0.3 is 0 Å².